The molecule has 0 bridgehead atoms. The summed E-state index contributed by atoms with van der Waals surface area (Å²) in [6.07, 6.45) is 5.18. The molecule has 1 fully saturated rings. The van der Waals surface area contributed by atoms with E-state index in [2.05, 4.69) is 12.2 Å². The zero-order chi connectivity index (χ0) is 10.6. The van der Waals surface area contributed by atoms with Crippen LogP contribution in [0, 0.1) is 11.8 Å². The van der Waals surface area contributed by atoms with Gasteiger partial charge in [-0.25, -0.2) is 0 Å². The number of carboxylic acids is 1. The number of carboxylic acid groups (broad SMARTS) is 1. The van der Waals surface area contributed by atoms with E-state index in [9.17, 15) is 4.79 Å². The maximum atomic E-state index is 10.7. The Morgan fingerprint density at radius 2 is 2.29 bits per heavy atom. The quantitative estimate of drug-likeness (QED) is 0.726. The van der Waals surface area contributed by atoms with E-state index in [4.69, 9.17) is 5.11 Å². The van der Waals surface area contributed by atoms with Crippen molar-refractivity contribution < 1.29 is 9.90 Å². The van der Waals surface area contributed by atoms with E-state index in [-0.39, 0.29) is 12.5 Å². The van der Waals surface area contributed by atoms with Crippen LogP contribution < -0.4 is 5.32 Å². The monoisotopic (exact) mass is 199 g/mol. The van der Waals surface area contributed by atoms with Crippen LogP contribution in [0.5, 0.6) is 0 Å². The molecule has 3 unspecified atom stereocenters. The van der Waals surface area contributed by atoms with Crippen molar-refractivity contribution >= 4 is 5.97 Å². The van der Waals surface area contributed by atoms with Crippen molar-refractivity contribution in [2.45, 2.75) is 45.1 Å². The highest BCUT2D eigenvalue weighted by Gasteiger charge is 2.26. The molecule has 3 nitrogen and oxygen atoms in total. The lowest BCUT2D eigenvalue weighted by atomic mass is 9.78. The van der Waals surface area contributed by atoms with E-state index >= 15 is 0 Å². The fraction of sp³-hybridized carbons (Fsp3) is 0.909. The Labute approximate surface area is 85.9 Å². The van der Waals surface area contributed by atoms with Crippen LogP contribution in [-0.2, 0) is 4.79 Å². The van der Waals surface area contributed by atoms with Crippen molar-refractivity contribution in [3.63, 3.8) is 0 Å². The minimum Gasteiger partial charge on any atom is -0.481 e. The summed E-state index contributed by atoms with van der Waals surface area (Å²) in [5.74, 6) is 0.626. The van der Waals surface area contributed by atoms with Crippen molar-refractivity contribution in [3.05, 3.63) is 0 Å². The molecule has 2 N–H and O–H groups in total. The highest BCUT2D eigenvalue weighted by molar-refractivity contribution is 5.67. The fourth-order valence-corrected chi connectivity index (χ4v) is 2.54. The molecule has 1 aliphatic rings. The second-order valence-electron chi connectivity index (χ2n) is 4.52. The Balaban J connectivity index is 2.46. The fourth-order valence-electron chi connectivity index (χ4n) is 2.54. The zero-order valence-corrected chi connectivity index (χ0v) is 9.12. The van der Waals surface area contributed by atoms with Gasteiger partial charge in [-0.05, 0) is 31.7 Å². The van der Waals surface area contributed by atoms with Crippen molar-refractivity contribution in [2.75, 3.05) is 7.05 Å². The first kappa shape index (κ1) is 11.5. The molecule has 0 aromatic rings. The number of hydrogen-bond acceptors (Lipinski definition) is 2. The van der Waals surface area contributed by atoms with Crippen LogP contribution in [0.25, 0.3) is 0 Å². The van der Waals surface area contributed by atoms with Crippen molar-refractivity contribution in [3.8, 4) is 0 Å². The maximum absolute atomic E-state index is 10.7. The molecule has 0 aliphatic heterocycles. The molecule has 82 valence electrons. The van der Waals surface area contributed by atoms with Crippen LogP contribution in [-0.4, -0.2) is 24.2 Å². The van der Waals surface area contributed by atoms with Crippen LogP contribution in [0.3, 0.4) is 0 Å². The normalized spacial score (nSPS) is 29.9. The average Bonchev–Trinajstić information content (AvgIpc) is 2.14. The highest BCUT2D eigenvalue weighted by Crippen LogP contribution is 2.31. The number of nitrogens with one attached hydrogen (secondary N) is 1. The molecule has 3 heteroatoms. The van der Waals surface area contributed by atoms with E-state index < -0.39 is 5.97 Å². The van der Waals surface area contributed by atoms with Crippen LogP contribution in [0.1, 0.15) is 39.0 Å². The third-order valence-corrected chi connectivity index (χ3v) is 3.31. The molecule has 3 atom stereocenters. The van der Waals surface area contributed by atoms with Gasteiger partial charge in [-0.1, -0.05) is 19.8 Å². The van der Waals surface area contributed by atoms with Gasteiger partial charge in [-0.15, -0.1) is 0 Å². The first-order chi connectivity index (χ1) is 6.63. The molecule has 0 aromatic heterocycles. The van der Waals surface area contributed by atoms with Gasteiger partial charge in [0.2, 0.25) is 0 Å². The minimum absolute atomic E-state index is 0.162. The molecule has 1 saturated carbocycles. The molecule has 0 aromatic carbocycles. The number of hydrogen-bond donors (Lipinski definition) is 2. The predicted molar refractivity (Wildman–Crippen MR) is 56.2 cm³/mol. The number of aliphatic carboxylic acids is 1. The van der Waals surface area contributed by atoms with Gasteiger partial charge < -0.3 is 10.4 Å². The summed E-state index contributed by atoms with van der Waals surface area (Å²) >= 11 is 0. The van der Waals surface area contributed by atoms with Gasteiger partial charge in [-0.3, -0.25) is 4.79 Å². The maximum Gasteiger partial charge on any atom is 0.304 e. The molecule has 0 heterocycles. The molecule has 1 aliphatic carbocycles. The molecule has 14 heavy (non-hydrogen) atoms. The minimum atomic E-state index is -0.692. The smallest absolute Gasteiger partial charge is 0.304 e. The molecule has 0 saturated heterocycles. The summed E-state index contributed by atoms with van der Waals surface area (Å²) in [5, 5.41) is 11.9. The zero-order valence-electron chi connectivity index (χ0n) is 9.12. The van der Waals surface area contributed by atoms with Crippen molar-refractivity contribution in [2.24, 2.45) is 11.8 Å². The second kappa shape index (κ2) is 5.35. The number of carbonyl (C=O) groups is 1. The lowest BCUT2D eigenvalue weighted by molar-refractivity contribution is -0.138. The van der Waals surface area contributed by atoms with E-state index in [1.165, 1.54) is 25.7 Å². The predicted octanol–water partition coefficient (Wildman–Crippen LogP) is 1.88. The van der Waals surface area contributed by atoms with Crippen LogP contribution in [0.15, 0.2) is 0 Å². The molecule has 1 rings (SSSR count). The summed E-state index contributed by atoms with van der Waals surface area (Å²) in [4.78, 5) is 10.7. The Hall–Kier alpha value is -0.570. The van der Waals surface area contributed by atoms with Gasteiger partial charge in [0.05, 0.1) is 6.42 Å². The van der Waals surface area contributed by atoms with Crippen molar-refractivity contribution in [1.82, 2.24) is 5.32 Å². The summed E-state index contributed by atoms with van der Waals surface area (Å²) in [6.45, 7) is 2.26. The third kappa shape index (κ3) is 3.29. The SMILES string of the molecule is CNC(CC(=O)O)C1CCCC(C)C1. The van der Waals surface area contributed by atoms with Gasteiger partial charge in [0.1, 0.15) is 0 Å². The molecular formula is C11H21NO2. The second-order valence-corrected chi connectivity index (χ2v) is 4.52. The first-order valence-corrected chi connectivity index (χ1v) is 5.52. The summed E-state index contributed by atoms with van der Waals surface area (Å²) < 4.78 is 0. The Morgan fingerprint density at radius 3 is 2.79 bits per heavy atom. The van der Waals surface area contributed by atoms with Crippen LogP contribution >= 0.6 is 0 Å². The van der Waals surface area contributed by atoms with Gasteiger partial charge in [0.25, 0.3) is 0 Å². The van der Waals surface area contributed by atoms with Crippen LogP contribution in [0.2, 0.25) is 0 Å². The lowest BCUT2D eigenvalue weighted by Gasteiger charge is -2.32. The highest BCUT2D eigenvalue weighted by atomic mass is 16.4. The number of rotatable bonds is 4. The molecule has 0 amide bonds. The first-order valence-electron chi connectivity index (χ1n) is 5.52. The van der Waals surface area contributed by atoms with E-state index in [1.54, 1.807) is 0 Å². The largest absolute Gasteiger partial charge is 0.481 e. The molecule has 0 spiro atoms. The van der Waals surface area contributed by atoms with Crippen molar-refractivity contribution in [1.29, 1.82) is 0 Å². The average molecular weight is 199 g/mol. The van der Waals surface area contributed by atoms with E-state index in [0.29, 0.717) is 5.92 Å². The molecule has 0 radical (unpaired) electrons. The summed E-state index contributed by atoms with van der Waals surface area (Å²) in [7, 11) is 1.87. The summed E-state index contributed by atoms with van der Waals surface area (Å²) in [5.41, 5.74) is 0. The van der Waals surface area contributed by atoms with E-state index in [1.807, 2.05) is 7.05 Å². The summed E-state index contributed by atoms with van der Waals surface area (Å²) in [6, 6.07) is 0.162. The Bertz CT molecular complexity index is 194. The standard InChI is InChI=1S/C11H21NO2/c1-8-4-3-5-9(6-8)10(12-2)7-11(13)14/h8-10,12H,3-7H2,1-2H3,(H,13,14). The lowest BCUT2D eigenvalue weighted by Crippen LogP contribution is -2.37. The van der Waals surface area contributed by atoms with Gasteiger partial charge in [0.15, 0.2) is 0 Å². The van der Waals surface area contributed by atoms with Gasteiger partial charge in [-0.2, -0.15) is 0 Å². The van der Waals surface area contributed by atoms with Gasteiger partial charge in [0, 0.05) is 6.04 Å². The third-order valence-electron chi connectivity index (χ3n) is 3.31. The van der Waals surface area contributed by atoms with E-state index in [0.717, 1.165) is 5.92 Å². The van der Waals surface area contributed by atoms with Gasteiger partial charge >= 0.3 is 5.97 Å². The topological polar surface area (TPSA) is 49.3 Å². The molecular weight excluding hydrogens is 178 g/mol. The Morgan fingerprint density at radius 1 is 1.57 bits per heavy atom. The van der Waals surface area contributed by atoms with Crippen LogP contribution in [0.4, 0.5) is 0 Å². The Kier molecular flexibility index (Phi) is 4.39.